The van der Waals surface area contributed by atoms with Crippen LogP contribution in [0.2, 0.25) is 0 Å². The lowest BCUT2D eigenvalue weighted by Gasteiger charge is -2.24. The Kier molecular flexibility index (Phi) is 5.80. The molecule has 0 radical (unpaired) electrons. The first-order chi connectivity index (χ1) is 12.8. The van der Waals surface area contributed by atoms with Crippen molar-refractivity contribution in [1.29, 1.82) is 0 Å². The summed E-state index contributed by atoms with van der Waals surface area (Å²) in [5, 5.41) is 8.88. The van der Waals surface area contributed by atoms with Crippen molar-refractivity contribution in [2.75, 3.05) is 12.1 Å². The fraction of sp³-hybridized carbons (Fsp3) is 0.706. The minimum Gasteiger partial charge on any atom is -0.463 e. The lowest BCUT2D eigenvalue weighted by molar-refractivity contribution is -0.203. The molecular formula is C17H25N3O7. The second kappa shape index (κ2) is 7.93. The quantitative estimate of drug-likeness (QED) is 0.528. The molecule has 4 atom stereocenters. The number of nitrogens with zero attached hydrogens (tertiary/aromatic N) is 2. The second-order valence-electron chi connectivity index (χ2n) is 7.03. The molecule has 3 heterocycles. The number of carbonyl (C=O) groups is 1. The summed E-state index contributed by atoms with van der Waals surface area (Å²) in [4.78, 5) is 27.8. The number of ether oxygens (including phenoxy) is 4. The summed E-state index contributed by atoms with van der Waals surface area (Å²) in [5.74, 6) is -1.13. The minimum atomic E-state index is -0.856. The van der Waals surface area contributed by atoms with E-state index in [1.807, 2.05) is 12.4 Å². The monoisotopic (exact) mass is 383 g/mol. The Morgan fingerprint density at radius 2 is 2.15 bits per heavy atom. The Morgan fingerprint density at radius 3 is 2.81 bits per heavy atom. The highest BCUT2D eigenvalue weighted by Gasteiger charge is 2.56. The fourth-order valence-corrected chi connectivity index (χ4v) is 3.25. The zero-order valence-electron chi connectivity index (χ0n) is 15.6. The Bertz CT molecular complexity index is 735. The van der Waals surface area contributed by atoms with Gasteiger partial charge in [0.15, 0.2) is 17.8 Å². The molecule has 0 saturated carbocycles. The van der Waals surface area contributed by atoms with Gasteiger partial charge < -0.3 is 18.9 Å². The predicted molar refractivity (Wildman–Crippen MR) is 92.1 cm³/mol. The average Bonchev–Trinajstić information content (AvgIpc) is 3.11. The smallest absolute Gasteiger partial charge is 0.351 e. The molecule has 0 bridgehead atoms. The van der Waals surface area contributed by atoms with Gasteiger partial charge in [0.2, 0.25) is 0 Å². The minimum absolute atomic E-state index is 0.0120. The number of esters is 1. The van der Waals surface area contributed by atoms with Crippen LogP contribution in [-0.4, -0.2) is 51.4 Å². The summed E-state index contributed by atoms with van der Waals surface area (Å²) in [6.07, 6.45) is 1.04. The first-order valence-electron chi connectivity index (χ1n) is 9.00. The van der Waals surface area contributed by atoms with Gasteiger partial charge in [-0.2, -0.15) is 4.98 Å². The van der Waals surface area contributed by atoms with Gasteiger partial charge in [-0.25, -0.2) is 4.79 Å². The third kappa shape index (κ3) is 4.29. The van der Waals surface area contributed by atoms with Gasteiger partial charge in [0.1, 0.15) is 24.9 Å². The lowest BCUT2D eigenvalue weighted by atomic mass is 10.1. The van der Waals surface area contributed by atoms with E-state index in [2.05, 4.69) is 4.98 Å². The van der Waals surface area contributed by atoms with Gasteiger partial charge in [-0.1, -0.05) is 13.3 Å². The number of hydrogen-bond donors (Lipinski definition) is 2. The van der Waals surface area contributed by atoms with Crippen molar-refractivity contribution in [1.82, 2.24) is 9.55 Å². The molecule has 0 amide bonds. The molecule has 2 aliphatic rings. The largest absolute Gasteiger partial charge is 0.463 e. The maximum atomic E-state index is 12.3. The average molecular weight is 383 g/mol. The number of carbonyl (C=O) groups excluding carboxylic acids is 1. The van der Waals surface area contributed by atoms with Crippen LogP contribution in [0.1, 0.15) is 46.3 Å². The fourth-order valence-electron chi connectivity index (χ4n) is 3.25. The van der Waals surface area contributed by atoms with Crippen LogP contribution in [0.15, 0.2) is 17.1 Å². The van der Waals surface area contributed by atoms with Crippen LogP contribution < -0.4 is 11.2 Å². The van der Waals surface area contributed by atoms with Crippen molar-refractivity contribution in [3.8, 4) is 0 Å². The van der Waals surface area contributed by atoms with Crippen LogP contribution in [0.5, 0.6) is 0 Å². The number of unbranched alkanes of at least 4 members (excludes halogenated alkanes) is 1. The molecule has 0 unspecified atom stereocenters. The van der Waals surface area contributed by atoms with E-state index in [1.165, 1.54) is 16.8 Å². The van der Waals surface area contributed by atoms with E-state index in [4.69, 9.17) is 24.2 Å². The summed E-state index contributed by atoms with van der Waals surface area (Å²) in [6.45, 7) is 5.55. The summed E-state index contributed by atoms with van der Waals surface area (Å²) >= 11 is 0. The molecule has 0 spiro atoms. The van der Waals surface area contributed by atoms with Gasteiger partial charge in [-0.3, -0.25) is 20.0 Å². The topological polar surface area (TPSA) is 121 Å². The zero-order chi connectivity index (χ0) is 19.6. The summed E-state index contributed by atoms with van der Waals surface area (Å²) in [6, 6.07) is 1.43. The van der Waals surface area contributed by atoms with Crippen LogP contribution in [0, 0.1) is 0 Å². The number of nitrogens with one attached hydrogen (secondary N) is 1. The SMILES string of the molecule is CCCCC(=O)OC[C@H]1O[C@@H](n2ccc(NO)nc2=O)[C@@H]2OC(C)(C)O[C@@H]21. The standard InChI is InChI=1S/C17H25N3O7/c1-4-5-6-12(21)24-9-10-13-14(27-17(2,3)26-13)15(25-10)20-8-7-11(19-23)18-16(20)22/h7-8,10,13-15,23H,4-6,9H2,1-3H3,(H,18,19,22)/t10-,13-,14-,15-/m1/s1. The van der Waals surface area contributed by atoms with Crippen molar-refractivity contribution < 1.29 is 28.9 Å². The van der Waals surface area contributed by atoms with Crippen LogP contribution in [0.3, 0.4) is 0 Å². The van der Waals surface area contributed by atoms with E-state index in [0.717, 1.165) is 12.8 Å². The van der Waals surface area contributed by atoms with Crippen molar-refractivity contribution in [2.24, 2.45) is 0 Å². The summed E-state index contributed by atoms with van der Waals surface area (Å²) < 4.78 is 24.3. The molecule has 0 aromatic carbocycles. The molecule has 2 saturated heterocycles. The molecular weight excluding hydrogens is 358 g/mol. The van der Waals surface area contributed by atoms with E-state index in [-0.39, 0.29) is 18.4 Å². The molecule has 3 rings (SSSR count). The molecule has 10 nitrogen and oxygen atoms in total. The van der Waals surface area contributed by atoms with Crippen molar-refractivity contribution >= 4 is 11.8 Å². The highest BCUT2D eigenvalue weighted by Crippen LogP contribution is 2.42. The molecule has 2 aliphatic heterocycles. The molecule has 2 N–H and O–H groups in total. The predicted octanol–water partition coefficient (Wildman–Crippen LogP) is 1.20. The first-order valence-corrected chi connectivity index (χ1v) is 9.00. The maximum Gasteiger partial charge on any atom is 0.351 e. The molecule has 0 aliphatic carbocycles. The van der Waals surface area contributed by atoms with E-state index >= 15 is 0 Å². The molecule has 27 heavy (non-hydrogen) atoms. The Balaban J connectivity index is 1.76. The molecule has 150 valence electrons. The molecule has 1 aromatic heterocycles. The maximum absolute atomic E-state index is 12.3. The summed E-state index contributed by atoms with van der Waals surface area (Å²) in [5.41, 5.74) is 1.21. The summed E-state index contributed by atoms with van der Waals surface area (Å²) in [7, 11) is 0. The Labute approximate surface area is 156 Å². The third-order valence-electron chi connectivity index (χ3n) is 4.49. The van der Waals surface area contributed by atoms with Crippen LogP contribution in [0.4, 0.5) is 5.82 Å². The zero-order valence-corrected chi connectivity index (χ0v) is 15.6. The molecule has 1 aromatic rings. The van der Waals surface area contributed by atoms with Gasteiger partial charge in [0, 0.05) is 12.6 Å². The van der Waals surface area contributed by atoms with Crippen LogP contribution >= 0.6 is 0 Å². The van der Waals surface area contributed by atoms with E-state index in [1.54, 1.807) is 13.8 Å². The highest BCUT2D eigenvalue weighted by molar-refractivity contribution is 5.69. The van der Waals surface area contributed by atoms with Crippen molar-refractivity contribution in [3.63, 3.8) is 0 Å². The van der Waals surface area contributed by atoms with E-state index < -0.39 is 36.0 Å². The first kappa shape index (κ1) is 19.7. The number of rotatable bonds is 7. The van der Waals surface area contributed by atoms with E-state index in [9.17, 15) is 9.59 Å². The number of fused-ring (bicyclic) bond motifs is 1. The van der Waals surface area contributed by atoms with Crippen molar-refractivity contribution in [3.05, 3.63) is 22.7 Å². The van der Waals surface area contributed by atoms with Gasteiger partial charge in [-0.05, 0) is 26.3 Å². The number of aromatic nitrogens is 2. The van der Waals surface area contributed by atoms with Gasteiger partial charge >= 0.3 is 11.7 Å². The second-order valence-corrected chi connectivity index (χ2v) is 7.03. The number of hydrogen-bond acceptors (Lipinski definition) is 9. The van der Waals surface area contributed by atoms with Crippen molar-refractivity contribution in [2.45, 2.75) is 70.4 Å². The highest BCUT2D eigenvalue weighted by atomic mass is 16.8. The third-order valence-corrected chi connectivity index (χ3v) is 4.49. The normalized spacial score (nSPS) is 28.7. The molecule has 10 heteroatoms. The Hall–Kier alpha value is -2.01. The molecule has 2 fully saturated rings. The van der Waals surface area contributed by atoms with Gasteiger partial charge in [0.25, 0.3) is 0 Å². The van der Waals surface area contributed by atoms with Crippen LogP contribution in [-0.2, 0) is 23.7 Å². The Morgan fingerprint density at radius 1 is 1.41 bits per heavy atom. The van der Waals surface area contributed by atoms with Crippen LogP contribution in [0.25, 0.3) is 0 Å². The number of anilines is 1. The van der Waals surface area contributed by atoms with Gasteiger partial charge in [0.05, 0.1) is 0 Å². The van der Waals surface area contributed by atoms with E-state index in [0.29, 0.717) is 6.42 Å². The lowest BCUT2D eigenvalue weighted by Crippen LogP contribution is -2.34. The van der Waals surface area contributed by atoms with Gasteiger partial charge in [-0.15, -0.1) is 0 Å².